The lowest BCUT2D eigenvalue weighted by Crippen LogP contribution is -2.24. The molecule has 0 bridgehead atoms. The van der Waals surface area contributed by atoms with E-state index < -0.39 is 10.8 Å². The van der Waals surface area contributed by atoms with E-state index in [2.05, 4.69) is 15.6 Å². The van der Waals surface area contributed by atoms with Gasteiger partial charge in [0.2, 0.25) is 0 Å². The Bertz CT molecular complexity index is 684. The minimum absolute atomic E-state index is 0.0267. The molecule has 0 fully saturated rings. The summed E-state index contributed by atoms with van der Waals surface area (Å²) in [7, 11) is 1.68. The number of carbonyl (C=O) groups excluding carboxylic acids is 1. The van der Waals surface area contributed by atoms with Crippen LogP contribution in [0.2, 0.25) is 0 Å². The standard InChI is InChI=1S/C13H14N4O3S/c1-8-16-10(7-21-8)6-15-13(18)11-5-9(14-2)3-4-12(11)17(19)20/h3-5,7,14H,6H2,1-2H3,(H,15,18). The quantitative estimate of drug-likeness (QED) is 0.652. The third-order valence-electron chi connectivity index (χ3n) is 2.82. The lowest BCUT2D eigenvalue weighted by molar-refractivity contribution is -0.385. The Kier molecular flexibility index (Phi) is 4.49. The summed E-state index contributed by atoms with van der Waals surface area (Å²) in [5, 5.41) is 19.2. The number of hydrogen-bond acceptors (Lipinski definition) is 6. The van der Waals surface area contributed by atoms with E-state index in [1.807, 2.05) is 12.3 Å². The lowest BCUT2D eigenvalue weighted by atomic mass is 10.1. The number of hydrogen-bond donors (Lipinski definition) is 2. The van der Waals surface area contributed by atoms with Crippen molar-refractivity contribution in [1.82, 2.24) is 10.3 Å². The molecule has 1 aromatic carbocycles. The fourth-order valence-corrected chi connectivity index (χ4v) is 2.40. The summed E-state index contributed by atoms with van der Waals surface area (Å²) in [4.78, 5) is 26.8. The van der Waals surface area contributed by atoms with Crippen LogP contribution in [0.25, 0.3) is 0 Å². The second kappa shape index (κ2) is 6.31. The molecule has 0 spiro atoms. The van der Waals surface area contributed by atoms with Crippen LogP contribution in [0.5, 0.6) is 0 Å². The number of rotatable bonds is 5. The molecule has 0 atom stereocenters. The first kappa shape index (κ1) is 14.9. The minimum atomic E-state index is -0.568. The molecule has 2 rings (SSSR count). The van der Waals surface area contributed by atoms with Crippen molar-refractivity contribution < 1.29 is 9.72 Å². The largest absolute Gasteiger partial charge is 0.388 e. The van der Waals surface area contributed by atoms with Crippen LogP contribution in [-0.2, 0) is 6.54 Å². The number of nitrogens with zero attached hydrogens (tertiary/aromatic N) is 2. The van der Waals surface area contributed by atoms with Crippen LogP contribution in [0.4, 0.5) is 11.4 Å². The molecule has 0 aliphatic rings. The van der Waals surface area contributed by atoms with Crippen molar-refractivity contribution in [3.63, 3.8) is 0 Å². The van der Waals surface area contributed by atoms with E-state index >= 15 is 0 Å². The summed E-state index contributed by atoms with van der Waals surface area (Å²) < 4.78 is 0. The van der Waals surface area contributed by atoms with E-state index in [1.165, 1.54) is 23.5 Å². The number of aryl methyl sites for hydroxylation is 1. The average molecular weight is 306 g/mol. The van der Waals surface area contributed by atoms with Gasteiger partial charge in [-0.15, -0.1) is 11.3 Å². The highest BCUT2D eigenvalue weighted by atomic mass is 32.1. The zero-order valence-corrected chi connectivity index (χ0v) is 12.4. The summed E-state index contributed by atoms with van der Waals surface area (Å²) in [6.07, 6.45) is 0. The maximum atomic E-state index is 12.2. The predicted octanol–water partition coefficient (Wildman–Crippen LogP) is 2.33. The number of benzene rings is 1. The zero-order valence-electron chi connectivity index (χ0n) is 11.5. The summed E-state index contributed by atoms with van der Waals surface area (Å²) in [6.45, 7) is 2.11. The van der Waals surface area contributed by atoms with Crippen molar-refractivity contribution in [2.45, 2.75) is 13.5 Å². The Balaban J connectivity index is 2.19. The summed E-state index contributed by atoms with van der Waals surface area (Å²) in [6, 6.07) is 4.33. The Labute approximate surface area is 125 Å². The van der Waals surface area contributed by atoms with E-state index in [9.17, 15) is 14.9 Å². The molecular formula is C13H14N4O3S. The van der Waals surface area contributed by atoms with Gasteiger partial charge in [0, 0.05) is 24.2 Å². The Morgan fingerprint density at radius 2 is 2.24 bits per heavy atom. The van der Waals surface area contributed by atoms with Crippen LogP contribution in [0, 0.1) is 17.0 Å². The first-order valence-electron chi connectivity index (χ1n) is 6.16. The van der Waals surface area contributed by atoms with Gasteiger partial charge in [-0.25, -0.2) is 4.98 Å². The number of nitrogens with one attached hydrogen (secondary N) is 2. The van der Waals surface area contributed by atoms with Crippen molar-refractivity contribution >= 4 is 28.6 Å². The molecule has 1 heterocycles. The molecule has 8 heteroatoms. The van der Waals surface area contributed by atoms with Crippen molar-refractivity contribution in [2.24, 2.45) is 0 Å². The van der Waals surface area contributed by atoms with Gasteiger partial charge in [-0.3, -0.25) is 14.9 Å². The minimum Gasteiger partial charge on any atom is -0.388 e. The van der Waals surface area contributed by atoms with Gasteiger partial charge in [-0.05, 0) is 19.1 Å². The van der Waals surface area contributed by atoms with Gasteiger partial charge in [0.15, 0.2) is 0 Å². The number of thiazole rings is 1. The topological polar surface area (TPSA) is 97.2 Å². The van der Waals surface area contributed by atoms with Crippen molar-refractivity contribution in [3.05, 3.63) is 50.0 Å². The molecule has 0 saturated heterocycles. The molecule has 2 N–H and O–H groups in total. The Morgan fingerprint density at radius 3 is 2.81 bits per heavy atom. The summed E-state index contributed by atoms with van der Waals surface area (Å²) >= 11 is 1.49. The predicted molar refractivity (Wildman–Crippen MR) is 80.7 cm³/mol. The van der Waals surface area contributed by atoms with Crippen LogP contribution in [0.3, 0.4) is 0 Å². The number of nitro groups is 1. The molecule has 110 valence electrons. The van der Waals surface area contributed by atoms with E-state index in [4.69, 9.17) is 0 Å². The number of amides is 1. The molecular weight excluding hydrogens is 292 g/mol. The maximum Gasteiger partial charge on any atom is 0.282 e. The first-order valence-corrected chi connectivity index (χ1v) is 7.04. The zero-order chi connectivity index (χ0) is 15.4. The molecule has 0 aliphatic carbocycles. The molecule has 21 heavy (non-hydrogen) atoms. The second-order valence-corrected chi connectivity index (χ2v) is 5.34. The molecule has 1 amide bonds. The third kappa shape index (κ3) is 3.54. The maximum absolute atomic E-state index is 12.2. The van der Waals surface area contributed by atoms with E-state index in [1.54, 1.807) is 13.1 Å². The monoisotopic (exact) mass is 306 g/mol. The van der Waals surface area contributed by atoms with Gasteiger partial charge < -0.3 is 10.6 Å². The third-order valence-corrected chi connectivity index (χ3v) is 3.65. The van der Waals surface area contributed by atoms with Crippen molar-refractivity contribution in [2.75, 3.05) is 12.4 Å². The molecule has 0 aliphatic heterocycles. The normalized spacial score (nSPS) is 10.2. The van der Waals surface area contributed by atoms with Crippen LogP contribution in [0.15, 0.2) is 23.6 Å². The SMILES string of the molecule is CNc1ccc([N+](=O)[O-])c(C(=O)NCc2csc(C)n2)c1. The van der Waals surface area contributed by atoms with Crippen molar-refractivity contribution in [3.8, 4) is 0 Å². The summed E-state index contributed by atoms with van der Waals surface area (Å²) in [5.74, 6) is -0.496. The molecule has 2 aromatic rings. The first-order chi connectivity index (χ1) is 10.0. The molecule has 1 aromatic heterocycles. The molecule has 0 unspecified atom stereocenters. The van der Waals surface area contributed by atoms with Gasteiger partial charge in [-0.2, -0.15) is 0 Å². The highest BCUT2D eigenvalue weighted by molar-refractivity contribution is 7.09. The highest BCUT2D eigenvalue weighted by Crippen LogP contribution is 2.22. The summed E-state index contributed by atoms with van der Waals surface area (Å²) in [5.41, 5.74) is 1.17. The number of aromatic nitrogens is 1. The number of anilines is 1. The van der Waals surface area contributed by atoms with Gasteiger partial charge in [0.05, 0.1) is 22.2 Å². The number of nitro benzene ring substituents is 1. The van der Waals surface area contributed by atoms with Crippen LogP contribution in [-0.4, -0.2) is 22.9 Å². The lowest BCUT2D eigenvalue weighted by Gasteiger charge is -2.07. The molecule has 0 radical (unpaired) electrons. The fourth-order valence-electron chi connectivity index (χ4n) is 1.79. The van der Waals surface area contributed by atoms with Crippen LogP contribution in [0.1, 0.15) is 21.1 Å². The Morgan fingerprint density at radius 1 is 1.48 bits per heavy atom. The van der Waals surface area contributed by atoms with E-state index in [0.717, 1.165) is 10.7 Å². The van der Waals surface area contributed by atoms with Crippen molar-refractivity contribution in [1.29, 1.82) is 0 Å². The fraction of sp³-hybridized carbons (Fsp3) is 0.231. The number of carbonyl (C=O) groups is 1. The molecule has 7 nitrogen and oxygen atoms in total. The Hall–Kier alpha value is -2.48. The van der Waals surface area contributed by atoms with Gasteiger partial charge >= 0.3 is 0 Å². The average Bonchev–Trinajstić information content (AvgIpc) is 2.89. The smallest absolute Gasteiger partial charge is 0.282 e. The van der Waals surface area contributed by atoms with Crippen LogP contribution < -0.4 is 10.6 Å². The van der Waals surface area contributed by atoms with Gasteiger partial charge in [0.25, 0.3) is 11.6 Å². The molecule has 0 saturated carbocycles. The highest BCUT2D eigenvalue weighted by Gasteiger charge is 2.20. The van der Waals surface area contributed by atoms with E-state index in [-0.39, 0.29) is 17.8 Å². The second-order valence-electron chi connectivity index (χ2n) is 4.28. The van der Waals surface area contributed by atoms with E-state index in [0.29, 0.717) is 5.69 Å². The van der Waals surface area contributed by atoms with Gasteiger partial charge in [0.1, 0.15) is 5.56 Å². The van der Waals surface area contributed by atoms with Gasteiger partial charge in [-0.1, -0.05) is 0 Å². The van der Waals surface area contributed by atoms with Crippen LogP contribution >= 0.6 is 11.3 Å².